The predicted octanol–water partition coefficient (Wildman–Crippen LogP) is 4.11. The van der Waals surface area contributed by atoms with Crippen LogP contribution >= 0.6 is 0 Å². The van der Waals surface area contributed by atoms with Crippen molar-refractivity contribution in [3.8, 4) is 11.8 Å². The molecule has 2 aromatic carbocycles. The molecule has 0 unspecified atom stereocenters. The van der Waals surface area contributed by atoms with E-state index in [4.69, 9.17) is 4.74 Å². The van der Waals surface area contributed by atoms with E-state index in [1.807, 2.05) is 50.2 Å². The fraction of sp³-hybridized carbons (Fsp3) is 0.200. The predicted molar refractivity (Wildman–Crippen MR) is 95.8 cm³/mol. The van der Waals surface area contributed by atoms with Crippen molar-refractivity contribution in [1.29, 1.82) is 5.26 Å². The standard InChI is InChI=1S/C20H20N2O2/c1-4-15-10-7-8-14(2)19(15)22-20(23)17(13-21)12-16-9-5-6-11-18(16)24-3/h5-12H,4H2,1-3H3,(H,22,23)/b17-12+. The lowest BCUT2D eigenvalue weighted by molar-refractivity contribution is -0.112. The summed E-state index contributed by atoms with van der Waals surface area (Å²) in [6.45, 7) is 3.96. The van der Waals surface area contributed by atoms with E-state index in [-0.39, 0.29) is 5.57 Å². The number of para-hydroxylation sites is 2. The van der Waals surface area contributed by atoms with Crippen molar-refractivity contribution in [3.63, 3.8) is 0 Å². The van der Waals surface area contributed by atoms with Gasteiger partial charge in [-0.2, -0.15) is 5.26 Å². The molecule has 4 heteroatoms. The van der Waals surface area contributed by atoms with Gasteiger partial charge in [0.1, 0.15) is 17.4 Å². The minimum atomic E-state index is -0.424. The van der Waals surface area contributed by atoms with Gasteiger partial charge in [-0.3, -0.25) is 4.79 Å². The summed E-state index contributed by atoms with van der Waals surface area (Å²) >= 11 is 0. The van der Waals surface area contributed by atoms with E-state index in [9.17, 15) is 10.1 Å². The van der Waals surface area contributed by atoms with Crippen LogP contribution in [0, 0.1) is 18.3 Å². The number of carbonyl (C=O) groups excluding carboxylic acids is 1. The minimum absolute atomic E-state index is 0.0322. The van der Waals surface area contributed by atoms with E-state index in [1.54, 1.807) is 19.2 Å². The van der Waals surface area contributed by atoms with Crippen molar-refractivity contribution in [2.45, 2.75) is 20.3 Å². The topological polar surface area (TPSA) is 62.1 Å². The molecule has 0 heterocycles. The van der Waals surface area contributed by atoms with E-state index in [1.165, 1.54) is 6.08 Å². The zero-order valence-corrected chi connectivity index (χ0v) is 14.1. The van der Waals surface area contributed by atoms with Gasteiger partial charge in [0.25, 0.3) is 5.91 Å². The summed E-state index contributed by atoms with van der Waals surface area (Å²) in [5, 5.41) is 12.2. The van der Waals surface area contributed by atoms with Crippen LogP contribution in [0.5, 0.6) is 5.75 Å². The third-order valence-electron chi connectivity index (χ3n) is 3.78. The van der Waals surface area contributed by atoms with Crippen LogP contribution in [-0.4, -0.2) is 13.0 Å². The van der Waals surface area contributed by atoms with Crippen LogP contribution in [0.15, 0.2) is 48.0 Å². The average Bonchev–Trinajstić information content (AvgIpc) is 2.61. The van der Waals surface area contributed by atoms with Gasteiger partial charge in [0.15, 0.2) is 0 Å². The highest BCUT2D eigenvalue weighted by atomic mass is 16.5. The molecule has 0 aliphatic carbocycles. The zero-order chi connectivity index (χ0) is 17.5. The summed E-state index contributed by atoms with van der Waals surface area (Å²) in [7, 11) is 1.56. The number of benzene rings is 2. The van der Waals surface area contributed by atoms with E-state index in [2.05, 4.69) is 5.32 Å². The third-order valence-corrected chi connectivity index (χ3v) is 3.78. The fourth-order valence-corrected chi connectivity index (χ4v) is 2.47. The smallest absolute Gasteiger partial charge is 0.266 e. The molecule has 0 saturated heterocycles. The first-order valence-electron chi connectivity index (χ1n) is 7.75. The van der Waals surface area contributed by atoms with Crippen molar-refractivity contribution >= 4 is 17.7 Å². The fourth-order valence-electron chi connectivity index (χ4n) is 2.47. The summed E-state index contributed by atoms with van der Waals surface area (Å²) in [6, 6.07) is 15.1. The SMILES string of the molecule is CCc1cccc(C)c1NC(=O)/C(C#N)=C/c1ccccc1OC. The van der Waals surface area contributed by atoms with Crippen LogP contribution < -0.4 is 10.1 Å². The Morgan fingerprint density at radius 3 is 2.67 bits per heavy atom. The summed E-state index contributed by atoms with van der Waals surface area (Å²) < 4.78 is 5.26. The van der Waals surface area contributed by atoms with Gasteiger partial charge < -0.3 is 10.1 Å². The second-order valence-corrected chi connectivity index (χ2v) is 5.33. The minimum Gasteiger partial charge on any atom is -0.496 e. The number of aryl methyl sites for hydroxylation is 2. The number of methoxy groups -OCH3 is 1. The lowest BCUT2D eigenvalue weighted by atomic mass is 10.0. The molecular formula is C20H20N2O2. The van der Waals surface area contributed by atoms with Crippen molar-refractivity contribution < 1.29 is 9.53 Å². The molecule has 0 aromatic heterocycles. The van der Waals surface area contributed by atoms with Crippen molar-refractivity contribution in [2.75, 3.05) is 12.4 Å². The first-order valence-corrected chi connectivity index (χ1v) is 7.75. The summed E-state index contributed by atoms with van der Waals surface area (Å²) in [4.78, 5) is 12.5. The Bertz CT molecular complexity index is 817. The molecule has 0 saturated carbocycles. The van der Waals surface area contributed by atoms with Crippen molar-refractivity contribution in [1.82, 2.24) is 0 Å². The van der Waals surface area contributed by atoms with Gasteiger partial charge in [-0.15, -0.1) is 0 Å². The molecule has 0 radical (unpaired) electrons. The Morgan fingerprint density at radius 2 is 2.00 bits per heavy atom. The van der Waals surface area contributed by atoms with E-state index < -0.39 is 5.91 Å². The summed E-state index contributed by atoms with van der Waals surface area (Å²) in [6.07, 6.45) is 2.34. The number of amides is 1. The molecule has 0 fully saturated rings. The number of hydrogen-bond acceptors (Lipinski definition) is 3. The van der Waals surface area contributed by atoms with Crippen LogP contribution in [0.4, 0.5) is 5.69 Å². The second kappa shape index (κ2) is 7.98. The van der Waals surface area contributed by atoms with Gasteiger partial charge in [-0.1, -0.05) is 43.3 Å². The maximum Gasteiger partial charge on any atom is 0.266 e. The average molecular weight is 320 g/mol. The van der Waals surface area contributed by atoms with Crippen LogP contribution in [0.3, 0.4) is 0 Å². The number of nitriles is 1. The van der Waals surface area contributed by atoms with Crippen molar-refractivity contribution in [2.24, 2.45) is 0 Å². The van der Waals surface area contributed by atoms with Crippen LogP contribution in [0.25, 0.3) is 6.08 Å². The van der Waals surface area contributed by atoms with E-state index in [0.717, 1.165) is 23.2 Å². The Kier molecular flexibility index (Phi) is 5.75. The molecule has 1 N–H and O–H groups in total. The highest BCUT2D eigenvalue weighted by molar-refractivity contribution is 6.10. The maximum atomic E-state index is 12.5. The highest BCUT2D eigenvalue weighted by Gasteiger charge is 2.14. The van der Waals surface area contributed by atoms with Gasteiger partial charge in [-0.05, 0) is 36.6 Å². The Balaban J connectivity index is 2.34. The lowest BCUT2D eigenvalue weighted by Gasteiger charge is -2.12. The number of carbonyl (C=O) groups is 1. The number of ether oxygens (including phenoxy) is 1. The first-order chi connectivity index (χ1) is 11.6. The lowest BCUT2D eigenvalue weighted by Crippen LogP contribution is -2.15. The molecular weight excluding hydrogens is 300 g/mol. The number of rotatable bonds is 5. The van der Waals surface area contributed by atoms with Gasteiger partial charge >= 0.3 is 0 Å². The molecule has 0 aliphatic heterocycles. The number of nitrogens with zero attached hydrogens (tertiary/aromatic N) is 1. The van der Waals surface area contributed by atoms with Gasteiger partial charge in [-0.25, -0.2) is 0 Å². The largest absolute Gasteiger partial charge is 0.496 e. The molecule has 0 spiro atoms. The molecule has 2 rings (SSSR count). The Hall–Kier alpha value is -3.06. The number of hydrogen-bond donors (Lipinski definition) is 1. The zero-order valence-electron chi connectivity index (χ0n) is 14.1. The van der Waals surface area contributed by atoms with E-state index >= 15 is 0 Å². The second-order valence-electron chi connectivity index (χ2n) is 5.33. The molecule has 0 atom stereocenters. The molecule has 0 bridgehead atoms. The third kappa shape index (κ3) is 3.82. The Morgan fingerprint density at radius 1 is 1.25 bits per heavy atom. The molecule has 1 amide bonds. The summed E-state index contributed by atoms with van der Waals surface area (Å²) in [5.74, 6) is 0.190. The van der Waals surface area contributed by atoms with Crippen LogP contribution in [0.1, 0.15) is 23.6 Å². The molecule has 122 valence electrons. The molecule has 0 aliphatic rings. The molecule has 2 aromatic rings. The quantitative estimate of drug-likeness (QED) is 0.666. The van der Waals surface area contributed by atoms with Crippen molar-refractivity contribution in [3.05, 3.63) is 64.7 Å². The molecule has 4 nitrogen and oxygen atoms in total. The number of nitrogens with one attached hydrogen (secondary N) is 1. The number of anilines is 1. The van der Waals surface area contributed by atoms with Crippen LogP contribution in [0.2, 0.25) is 0 Å². The van der Waals surface area contributed by atoms with Gasteiger partial charge in [0, 0.05) is 11.3 Å². The normalized spacial score (nSPS) is 10.8. The van der Waals surface area contributed by atoms with Crippen LogP contribution in [-0.2, 0) is 11.2 Å². The highest BCUT2D eigenvalue weighted by Crippen LogP contribution is 2.23. The maximum absolute atomic E-state index is 12.5. The monoisotopic (exact) mass is 320 g/mol. The van der Waals surface area contributed by atoms with Gasteiger partial charge in [0.2, 0.25) is 0 Å². The summed E-state index contributed by atoms with van der Waals surface area (Å²) in [5.41, 5.74) is 3.50. The van der Waals surface area contributed by atoms with Gasteiger partial charge in [0.05, 0.1) is 7.11 Å². The first kappa shape index (κ1) is 17.3. The molecule has 24 heavy (non-hydrogen) atoms. The van der Waals surface area contributed by atoms with E-state index in [0.29, 0.717) is 11.3 Å². The Labute approximate surface area is 142 Å².